The van der Waals surface area contributed by atoms with Crippen LogP contribution in [0.4, 0.5) is 5.69 Å². The average molecular weight is 354 g/mol. The van der Waals surface area contributed by atoms with Crippen molar-refractivity contribution in [3.05, 3.63) is 58.3 Å². The zero-order valence-electron chi connectivity index (χ0n) is 15.7. The number of aryl methyl sites for hydroxylation is 2. The van der Waals surface area contributed by atoms with E-state index in [1.165, 1.54) is 10.3 Å². The lowest BCUT2D eigenvalue weighted by Crippen LogP contribution is -2.38. The van der Waals surface area contributed by atoms with Crippen molar-refractivity contribution in [3.8, 4) is 0 Å². The normalized spacial score (nSPS) is 16.7. The number of nitrogens with zero attached hydrogens (tertiary/aromatic N) is 4. The van der Waals surface area contributed by atoms with Crippen LogP contribution in [0.3, 0.4) is 0 Å². The highest BCUT2D eigenvalue weighted by atomic mass is 16.2. The first kappa shape index (κ1) is 18.2. The summed E-state index contributed by atoms with van der Waals surface area (Å²) in [7, 11) is 1.81. The van der Waals surface area contributed by atoms with Gasteiger partial charge in [-0.15, -0.1) is 0 Å². The summed E-state index contributed by atoms with van der Waals surface area (Å²) in [6, 6.07) is 12.2. The van der Waals surface area contributed by atoms with Crippen molar-refractivity contribution in [1.82, 2.24) is 14.5 Å². The Balaban J connectivity index is 1.58. The molecule has 1 atom stereocenters. The predicted octanol–water partition coefficient (Wildman–Crippen LogP) is 1.85. The third-order valence-corrected chi connectivity index (χ3v) is 5.00. The molecule has 0 unspecified atom stereocenters. The number of benzene rings is 1. The van der Waals surface area contributed by atoms with Crippen molar-refractivity contribution in [2.24, 2.45) is 5.92 Å². The molecule has 0 N–H and O–H groups in total. The third-order valence-electron chi connectivity index (χ3n) is 5.00. The Morgan fingerprint density at radius 2 is 2.00 bits per heavy atom. The lowest BCUT2D eigenvalue weighted by molar-refractivity contribution is -0.131. The minimum Gasteiger partial charge on any atom is -0.371 e. The summed E-state index contributed by atoms with van der Waals surface area (Å²) in [5.74, 6) is 0.386. The van der Waals surface area contributed by atoms with Crippen LogP contribution in [0.1, 0.15) is 17.8 Å². The van der Waals surface area contributed by atoms with Crippen molar-refractivity contribution >= 4 is 11.6 Å². The summed E-state index contributed by atoms with van der Waals surface area (Å²) in [5.41, 5.74) is 2.31. The number of anilines is 1. The second-order valence-corrected chi connectivity index (χ2v) is 7.12. The SMILES string of the molecule is Cc1cc(C)n(CC(=O)N(C)C[C@@H]2CCN(c3ccccc3)C2)c(=O)n1. The highest BCUT2D eigenvalue weighted by Gasteiger charge is 2.25. The Morgan fingerprint density at radius 3 is 2.69 bits per heavy atom. The van der Waals surface area contributed by atoms with Gasteiger partial charge in [0.25, 0.3) is 0 Å². The van der Waals surface area contributed by atoms with Crippen molar-refractivity contribution in [2.45, 2.75) is 26.8 Å². The minimum atomic E-state index is -0.361. The molecule has 1 aromatic carbocycles. The molecule has 1 saturated heterocycles. The van der Waals surface area contributed by atoms with Crippen molar-refractivity contribution < 1.29 is 4.79 Å². The highest BCUT2D eigenvalue weighted by Crippen LogP contribution is 2.23. The Hall–Kier alpha value is -2.63. The Bertz CT molecular complexity index is 831. The van der Waals surface area contributed by atoms with Crippen LogP contribution in [0, 0.1) is 19.8 Å². The van der Waals surface area contributed by atoms with Crippen LogP contribution in [-0.4, -0.2) is 47.0 Å². The molecule has 0 saturated carbocycles. The number of aromatic nitrogens is 2. The molecule has 1 amide bonds. The van der Waals surface area contributed by atoms with Gasteiger partial charge < -0.3 is 9.80 Å². The smallest absolute Gasteiger partial charge is 0.348 e. The standard InChI is InChI=1S/C20H26N4O2/c1-15-11-16(2)24(20(26)21-15)14-19(25)22(3)12-17-9-10-23(13-17)18-7-5-4-6-8-18/h4-8,11,17H,9-10,12-14H2,1-3H3/t17-/m0/s1. The number of rotatable bonds is 5. The van der Waals surface area contributed by atoms with Crippen molar-refractivity contribution in [3.63, 3.8) is 0 Å². The molecule has 26 heavy (non-hydrogen) atoms. The Kier molecular flexibility index (Phi) is 5.40. The second-order valence-electron chi connectivity index (χ2n) is 7.12. The van der Waals surface area contributed by atoms with Gasteiger partial charge in [-0.3, -0.25) is 9.36 Å². The van der Waals surface area contributed by atoms with Gasteiger partial charge >= 0.3 is 5.69 Å². The fourth-order valence-corrected chi connectivity index (χ4v) is 3.57. The first-order chi connectivity index (χ1) is 12.4. The molecule has 0 aliphatic carbocycles. The van der Waals surface area contributed by atoms with Crippen LogP contribution in [0.2, 0.25) is 0 Å². The molecule has 0 radical (unpaired) electrons. The maximum absolute atomic E-state index is 12.6. The monoisotopic (exact) mass is 354 g/mol. The van der Waals surface area contributed by atoms with E-state index < -0.39 is 0 Å². The molecule has 1 aliphatic heterocycles. The van der Waals surface area contributed by atoms with E-state index in [1.54, 1.807) is 11.8 Å². The summed E-state index contributed by atoms with van der Waals surface area (Å²) in [5, 5.41) is 0. The molecular weight excluding hydrogens is 328 g/mol. The molecule has 6 nitrogen and oxygen atoms in total. The summed E-state index contributed by atoms with van der Waals surface area (Å²) in [4.78, 5) is 32.6. The number of carbonyl (C=O) groups is 1. The molecule has 0 spiro atoms. The van der Waals surface area contributed by atoms with Crippen LogP contribution in [0.15, 0.2) is 41.2 Å². The molecule has 1 aliphatic rings. The van der Waals surface area contributed by atoms with Gasteiger partial charge in [0, 0.05) is 43.8 Å². The molecule has 3 rings (SSSR count). The maximum Gasteiger partial charge on any atom is 0.348 e. The van der Waals surface area contributed by atoms with E-state index in [-0.39, 0.29) is 18.1 Å². The zero-order valence-corrected chi connectivity index (χ0v) is 15.7. The number of likely N-dealkylation sites (N-methyl/N-ethyl adjacent to an activating group) is 1. The fraction of sp³-hybridized carbons (Fsp3) is 0.450. The van der Waals surface area contributed by atoms with Gasteiger partial charge in [-0.25, -0.2) is 4.79 Å². The molecule has 1 aromatic heterocycles. The summed E-state index contributed by atoms with van der Waals surface area (Å²) < 4.78 is 1.44. The van der Waals surface area contributed by atoms with E-state index in [1.807, 2.05) is 38.2 Å². The van der Waals surface area contributed by atoms with E-state index >= 15 is 0 Å². The van der Waals surface area contributed by atoms with E-state index in [0.29, 0.717) is 18.2 Å². The lowest BCUT2D eigenvalue weighted by Gasteiger charge is -2.23. The van der Waals surface area contributed by atoms with Crippen LogP contribution < -0.4 is 10.6 Å². The van der Waals surface area contributed by atoms with Crippen molar-refractivity contribution in [1.29, 1.82) is 0 Å². The topological polar surface area (TPSA) is 58.4 Å². The molecule has 2 heterocycles. The van der Waals surface area contributed by atoms with Gasteiger partial charge in [-0.1, -0.05) is 18.2 Å². The Morgan fingerprint density at radius 1 is 1.27 bits per heavy atom. The van der Waals surface area contributed by atoms with Gasteiger partial charge in [0.2, 0.25) is 5.91 Å². The molecule has 6 heteroatoms. The quantitative estimate of drug-likeness (QED) is 0.822. The minimum absolute atomic E-state index is 0.0452. The molecular formula is C20H26N4O2. The van der Waals surface area contributed by atoms with Crippen LogP contribution in [0.25, 0.3) is 0 Å². The maximum atomic E-state index is 12.6. The van der Waals surface area contributed by atoms with Gasteiger partial charge in [0.1, 0.15) is 6.54 Å². The summed E-state index contributed by atoms with van der Waals surface area (Å²) in [6.07, 6.45) is 1.07. The predicted molar refractivity (Wildman–Crippen MR) is 102 cm³/mol. The number of amides is 1. The van der Waals surface area contributed by atoms with Gasteiger partial charge in [0.05, 0.1) is 0 Å². The highest BCUT2D eigenvalue weighted by molar-refractivity contribution is 5.75. The summed E-state index contributed by atoms with van der Waals surface area (Å²) in [6.45, 7) is 6.33. The first-order valence-corrected chi connectivity index (χ1v) is 9.03. The molecule has 0 bridgehead atoms. The second kappa shape index (κ2) is 7.72. The van der Waals surface area contributed by atoms with Crippen LogP contribution in [-0.2, 0) is 11.3 Å². The van der Waals surface area contributed by atoms with E-state index in [0.717, 1.165) is 25.2 Å². The van der Waals surface area contributed by atoms with Crippen LogP contribution in [0.5, 0.6) is 0 Å². The fourth-order valence-electron chi connectivity index (χ4n) is 3.57. The van der Waals surface area contributed by atoms with Crippen molar-refractivity contribution in [2.75, 3.05) is 31.6 Å². The third kappa shape index (κ3) is 4.12. The summed E-state index contributed by atoms with van der Waals surface area (Å²) >= 11 is 0. The largest absolute Gasteiger partial charge is 0.371 e. The van der Waals surface area contributed by atoms with E-state index in [4.69, 9.17) is 0 Å². The van der Waals surface area contributed by atoms with Gasteiger partial charge in [-0.05, 0) is 44.4 Å². The number of hydrogen-bond donors (Lipinski definition) is 0. The lowest BCUT2D eigenvalue weighted by atomic mass is 10.1. The zero-order chi connectivity index (χ0) is 18.7. The van der Waals surface area contributed by atoms with E-state index in [2.05, 4.69) is 22.0 Å². The Labute approximate surface area is 154 Å². The molecule has 138 valence electrons. The number of para-hydroxylation sites is 1. The number of hydrogen-bond acceptors (Lipinski definition) is 4. The van der Waals surface area contributed by atoms with E-state index in [9.17, 15) is 9.59 Å². The van der Waals surface area contributed by atoms with Crippen LogP contribution >= 0.6 is 0 Å². The average Bonchev–Trinajstić information content (AvgIpc) is 3.07. The first-order valence-electron chi connectivity index (χ1n) is 9.03. The molecule has 1 fully saturated rings. The number of carbonyl (C=O) groups excluding carboxylic acids is 1. The van der Waals surface area contributed by atoms with Gasteiger partial charge in [0.15, 0.2) is 0 Å². The van der Waals surface area contributed by atoms with Gasteiger partial charge in [-0.2, -0.15) is 4.98 Å². The molecule has 2 aromatic rings.